The van der Waals surface area contributed by atoms with Gasteiger partial charge in [-0.15, -0.1) is 0 Å². The molecule has 1 aromatic rings. The SMILES string of the molecule is CC1=Nc2ncc(C)cc2C1(C)C. The molecule has 0 radical (unpaired) electrons. The molecule has 0 bridgehead atoms. The molecule has 0 saturated carbocycles. The molecule has 2 nitrogen and oxygen atoms in total. The van der Waals surface area contributed by atoms with Crippen molar-refractivity contribution < 1.29 is 0 Å². The van der Waals surface area contributed by atoms with Crippen molar-refractivity contribution in [3.8, 4) is 0 Å². The van der Waals surface area contributed by atoms with Crippen LogP contribution in [0.5, 0.6) is 0 Å². The molecule has 1 aliphatic heterocycles. The van der Waals surface area contributed by atoms with Gasteiger partial charge in [0.25, 0.3) is 0 Å². The van der Waals surface area contributed by atoms with E-state index in [9.17, 15) is 0 Å². The lowest BCUT2D eigenvalue weighted by Gasteiger charge is -2.19. The number of rotatable bonds is 0. The van der Waals surface area contributed by atoms with E-state index in [0.29, 0.717) is 0 Å². The molecule has 0 unspecified atom stereocenters. The number of fused-ring (bicyclic) bond motifs is 1. The van der Waals surface area contributed by atoms with Crippen molar-refractivity contribution >= 4 is 11.5 Å². The molecule has 0 atom stereocenters. The van der Waals surface area contributed by atoms with Gasteiger partial charge in [0, 0.05) is 22.9 Å². The van der Waals surface area contributed by atoms with Gasteiger partial charge in [-0.3, -0.25) is 0 Å². The summed E-state index contributed by atoms with van der Waals surface area (Å²) in [6.45, 7) is 8.52. The zero-order valence-corrected chi connectivity index (χ0v) is 8.55. The minimum absolute atomic E-state index is 0.0638. The van der Waals surface area contributed by atoms with Gasteiger partial charge in [-0.05, 0) is 25.5 Å². The largest absolute Gasteiger partial charge is 0.237 e. The number of nitrogens with zero attached hydrogens (tertiary/aromatic N) is 2. The average Bonchev–Trinajstić information content (AvgIpc) is 2.27. The Morgan fingerprint density at radius 2 is 1.92 bits per heavy atom. The van der Waals surface area contributed by atoms with E-state index in [-0.39, 0.29) is 5.41 Å². The fourth-order valence-electron chi connectivity index (χ4n) is 1.60. The zero-order chi connectivity index (χ0) is 9.64. The molecule has 1 aliphatic rings. The summed E-state index contributed by atoms with van der Waals surface area (Å²) >= 11 is 0. The standard InChI is InChI=1S/C11H14N2/c1-7-5-9-10(12-6-7)13-8(2)11(9,3)4/h5-6H,1-4H3. The van der Waals surface area contributed by atoms with Gasteiger partial charge < -0.3 is 0 Å². The first-order chi connectivity index (χ1) is 6.01. The van der Waals surface area contributed by atoms with Crippen LogP contribution in [0.3, 0.4) is 0 Å². The number of hydrogen-bond acceptors (Lipinski definition) is 2. The van der Waals surface area contributed by atoms with Crippen LogP contribution in [0.15, 0.2) is 17.3 Å². The van der Waals surface area contributed by atoms with Crippen molar-refractivity contribution in [3.63, 3.8) is 0 Å². The summed E-state index contributed by atoms with van der Waals surface area (Å²) in [6, 6.07) is 2.18. The monoisotopic (exact) mass is 174 g/mol. The molecule has 2 heterocycles. The smallest absolute Gasteiger partial charge is 0.155 e. The Hall–Kier alpha value is -1.18. The number of aliphatic imine (C=N–C) groups is 1. The molecule has 0 aliphatic carbocycles. The fourth-order valence-corrected chi connectivity index (χ4v) is 1.60. The molecule has 13 heavy (non-hydrogen) atoms. The van der Waals surface area contributed by atoms with Crippen LogP contribution in [0.2, 0.25) is 0 Å². The van der Waals surface area contributed by atoms with Crippen LogP contribution in [0.25, 0.3) is 0 Å². The van der Waals surface area contributed by atoms with Gasteiger partial charge in [0.05, 0.1) is 0 Å². The summed E-state index contributed by atoms with van der Waals surface area (Å²) in [5.74, 6) is 0.896. The minimum atomic E-state index is 0.0638. The quantitative estimate of drug-likeness (QED) is 0.593. The summed E-state index contributed by atoms with van der Waals surface area (Å²) in [6.07, 6.45) is 1.87. The Labute approximate surface area is 78.7 Å². The van der Waals surface area contributed by atoms with Crippen molar-refractivity contribution in [2.24, 2.45) is 4.99 Å². The van der Waals surface area contributed by atoms with Gasteiger partial charge >= 0.3 is 0 Å². The highest BCUT2D eigenvalue weighted by molar-refractivity contribution is 5.98. The van der Waals surface area contributed by atoms with Gasteiger partial charge in [-0.25, -0.2) is 9.98 Å². The molecule has 0 aromatic carbocycles. The molecule has 1 aromatic heterocycles. The summed E-state index contributed by atoms with van der Waals surface area (Å²) in [4.78, 5) is 8.77. The van der Waals surface area contributed by atoms with Crippen molar-refractivity contribution in [1.29, 1.82) is 0 Å². The Balaban J connectivity index is 2.65. The second-order valence-corrected chi connectivity index (χ2v) is 4.21. The molecule has 2 rings (SSSR count). The highest BCUT2D eigenvalue weighted by Gasteiger charge is 2.32. The Morgan fingerprint density at radius 1 is 1.23 bits per heavy atom. The Morgan fingerprint density at radius 3 is 2.62 bits per heavy atom. The van der Waals surface area contributed by atoms with E-state index in [2.05, 4.69) is 43.7 Å². The minimum Gasteiger partial charge on any atom is -0.237 e. The lowest BCUT2D eigenvalue weighted by Crippen LogP contribution is -2.22. The van der Waals surface area contributed by atoms with Gasteiger partial charge in [-0.2, -0.15) is 0 Å². The first-order valence-electron chi connectivity index (χ1n) is 4.55. The third-order valence-corrected chi connectivity index (χ3v) is 2.85. The van der Waals surface area contributed by atoms with Crippen molar-refractivity contribution in [3.05, 3.63) is 23.4 Å². The molecule has 2 heteroatoms. The lowest BCUT2D eigenvalue weighted by molar-refractivity contribution is 0.730. The van der Waals surface area contributed by atoms with Crippen molar-refractivity contribution in [2.45, 2.75) is 33.1 Å². The molecular weight excluding hydrogens is 160 g/mol. The topological polar surface area (TPSA) is 25.2 Å². The molecule has 0 amide bonds. The number of pyridine rings is 1. The van der Waals surface area contributed by atoms with Gasteiger partial charge in [-0.1, -0.05) is 13.8 Å². The molecule has 68 valence electrons. The second kappa shape index (κ2) is 2.41. The van der Waals surface area contributed by atoms with Gasteiger partial charge in [0.2, 0.25) is 0 Å². The third-order valence-electron chi connectivity index (χ3n) is 2.85. The first kappa shape index (κ1) is 8.42. The maximum absolute atomic E-state index is 4.45. The van der Waals surface area contributed by atoms with Gasteiger partial charge in [0.1, 0.15) is 0 Å². The first-order valence-corrected chi connectivity index (χ1v) is 4.55. The predicted molar refractivity (Wildman–Crippen MR) is 54.8 cm³/mol. The maximum Gasteiger partial charge on any atom is 0.155 e. The van der Waals surface area contributed by atoms with Gasteiger partial charge in [0.15, 0.2) is 5.82 Å². The number of hydrogen-bond donors (Lipinski definition) is 0. The van der Waals surface area contributed by atoms with Crippen LogP contribution in [0, 0.1) is 6.92 Å². The van der Waals surface area contributed by atoms with Crippen LogP contribution in [-0.4, -0.2) is 10.7 Å². The Kier molecular flexibility index (Phi) is 1.56. The van der Waals surface area contributed by atoms with E-state index in [1.807, 2.05) is 6.20 Å². The predicted octanol–water partition coefficient (Wildman–Crippen LogP) is 2.77. The highest BCUT2D eigenvalue weighted by Crippen LogP contribution is 2.38. The van der Waals surface area contributed by atoms with Crippen LogP contribution in [0.1, 0.15) is 31.9 Å². The molecule has 0 fully saturated rings. The lowest BCUT2D eigenvalue weighted by atomic mass is 9.83. The normalized spacial score (nSPS) is 18.3. The summed E-state index contributed by atoms with van der Waals surface area (Å²) in [7, 11) is 0. The van der Waals surface area contributed by atoms with Crippen LogP contribution < -0.4 is 0 Å². The van der Waals surface area contributed by atoms with Crippen LogP contribution >= 0.6 is 0 Å². The van der Waals surface area contributed by atoms with E-state index >= 15 is 0 Å². The van der Waals surface area contributed by atoms with E-state index < -0.39 is 0 Å². The summed E-state index contributed by atoms with van der Waals surface area (Å²) in [5, 5.41) is 0. The number of aryl methyl sites for hydroxylation is 1. The Bertz CT molecular complexity index is 389. The maximum atomic E-state index is 4.45. The fraction of sp³-hybridized carbons (Fsp3) is 0.455. The average molecular weight is 174 g/mol. The number of aromatic nitrogens is 1. The van der Waals surface area contributed by atoms with E-state index in [1.54, 1.807) is 0 Å². The molecule has 0 N–H and O–H groups in total. The van der Waals surface area contributed by atoms with E-state index in [0.717, 1.165) is 11.5 Å². The van der Waals surface area contributed by atoms with Crippen LogP contribution in [0.4, 0.5) is 5.82 Å². The second-order valence-electron chi connectivity index (χ2n) is 4.21. The van der Waals surface area contributed by atoms with E-state index in [1.165, 1.54) is 11.1 Å². The molecular formula is C11H14N2. The summed E-state index contributed by atoms with van der Waals surface area (Å²) < 4.78 is 0. The van der Waals surface area contributed by atoms with Crippen molar-refractivity contribution in [1.82, 2.24) is 4.98 Å². The van der Waals surface area contributed by atoms with Crippen LogP contribution in [-0.2, 0) is 5.41 Å². The highest BCUT2D eigenvalue weighted by atomic mass is 14.9. The molecule has 0 spiro atoms. The third kappa shape index (κ3) is 1.09. The summed E-state index contributed by atoms with van der Waals surface area (Å²) in [5.41, 5.74) is 3.68. The van der Waals surface area contributed by atoms with E-state index in [4.69, 9.17) is 0 Å². The zero-order valence-electron chi connectivity index (χ0n) is 8.55. The molecule has 0 saturated heterocycles. The van der Waals surface area contributed by atoms with Crippen molar-refractivity contribution in [2.75, 3.05) is 0 Å².